The van der Waals surface area contributed by atoms with Gasteiger partial charge in [-0.05, 0) is 28.1 Å². The molecule has 1 aromatic heterocycles. The predicted octanol–water partition coefficient (Wildman–Crippen LogP) is 1.74. The Morgan fingerprint density at radius 1 is 1.37 bits per heavy atom. The maximum absolute atomic E-state index is 5.63. The van der Waals surface area contributed by atoms with Crippen LogP contribution in [0.2, 0.25) is 0 Å². The van der Waals surface area contributed by atoms with Crippen molar-refractivity contribution < 1.29 is 9.47 Å². The number of benzene rings is 1. The number of rotatable bonds is 5. The lowest BCUT2D eigenvalue weighted by Crippen LogP contribution is -2.30. The van der Waals surface area contributed by atoms with E-state index in [2.05, 4.69) is 31.3 Å². The number of H-pyrrole nitrogens is 1. The molecule has 2 rings (SSSR count). The van der Waals surface area contributed by atoms with E-state index in [0.29, 0.717) is 17.3 Å². The van der Waals surface area contributed by atoms with E-state index in [0.717, 1.165) is 10.0 Å². The van der Waals surface area contributed by atoms with Gasteiger partial charge in [0.2, 0.25) is 0 Å². The van der Waals surface area contributed by atoms with Crippen molar-refractivity contribution in [3.05, 3.63) is 40.4 Å². The first kappa shape index (κ1) is 13.9. The van der Waals surface area contributed by atoms with Crippen LogP contribution in [0, 0.1) is 0 Å². The summed E-state index contributed by atoms with van der Waals surface area (Å²) in [5, 5.41) is 0. The van der Waals surface area contributed by atoms with Gasteiger partial charge < -0.3 is 14.5 Å². The van der Waals surface area contributed by atoms with Crippen molar-refractivity contribution in [2.45, 2.75) is 6.04 Å². The van der Waals surface area contributed by atoms with Crippen LogP contribution in [0.15, 0.2) is 29.0 Å². The van der Waals surface area contributed by atoms with E-state index in [1.165, 1.54) is 0 Å². The fourth-order valence-electron chi connectivity index (χ4n) is 1.90. The quantitative estimate of drug-likeness (QED) is 0.575. The standard InChI is InChI=1S/C12H15BrN4O2/c1-18-8-4-3-7(11(19-2)9(8)13)10(17-14)12-15-5-6-16-12/h3-6,10,17H,14H2,1-2H3,(H,15,16). The van der Waals surface area contributed by atoms with E-state index in [1.807, 2.05) is 12.1 Å². The van der Waals surface area contributed by atoms with E-state index >= 15 is 0 Å². The van der Waals surface area contributed by atoms with Crippen molar-refractivity contribution in [2.75, 3.05) is 14.2 Å². The first-order valence-corrected chi connectivity index (χ1v) is 6.38. The topological polar surface area (TPSA) is 85.2 Å². The second-order valence-corrected chi connectivity index (χ2v) is 4.57. The average molecular weight is 327 g/mol. The number of nitrogens with zero attached hydrogens (tertiary/aromatic N) is 1. The van der Waals surface area contributed by atoms with E-state index in [4.69, 9.17) is 15.3 Å². The van der Waals surface area contributed by atoms with E-state index in [9.17, 15) is 0 Å². The van der Waals surface area contributed by atoms with Crippen LogP contribution in [-0.2, 0) is 0 Å². The van der Waals surface area contributed by atoms with Crippen LogP contribution in [0.1, 0.15) is 17.4 Å². The number of ether oxygens (including phenoxy) is 2. The Balaban J connectivity index is 2.52. The van der Waals surface area contributed by atoms with Crippen LogP contribution >= 0.6 is 15.9 Å². The molecular formula is C12H15BrN4O2. The van der Waals surface area contributed by atoms with Crippen LogP contribution in [0.3, 0.4) is 0 Å². The van der Waals surface area contributed by atoms with Gasteiger partial charge >= 0.3 is 0 Å². The van der Waals surface area contributed by atoms with E-state index in [-0.39, 0.29) is 6.04 Å². The normalized spacial score (nSPS) is 12.2. The molecular weight excluding hydrogens is 312 g/mol. The zero-order valence-corrected chi connectivity index (χ0v) is 12.2. The third-order valence-corrected chi connectivity index (χ3v) is 3.54. The highest BCUT2D eigenvalue weighted by atomic mass is 79.9. The molecule has 19 heavy (non-hydrogen) atoms. The molecule has 0 saturated carbocycles. The van der Waals surface area contributed by atoms with Crippen molar-refractivity contribution in [1.29, 1.82) is 0 Å². The zero-order valence-electron chi connectivity index (χ0n) is 10.6. The van der Waals surface area contributed by atoms with Gasteiger partial charge in [0.15, 0.2) is 0 Å². The maximum atomic E-state index is 5.63. The van der Waals surface area contributed by atoms with Gasteiger partial charge in [0, 0.05) is 18.0 Å². The highest BCUT2D eigenvalue weighted by Crippen LogP contribution is 2.40. The third-order valence-electron chi connectivity index (χ3n) is 2.79. The number of hydrogen-bond donors (Lipinski definition) is 3. The molecule has 0 bridgehead atoms. The van der Waals surface area contributed by atoms with Gasteiger partial charge in [-0.2, -0.15) is 0 Å². The Morgan fingerprint density at radius 3 is 2.68 bits per heavy atom. The number of aromatic amines is 1. The second kappa shape index (κ2) is 6.05. The number of hydrogen-bond acceptors (Lipinski definition) is 5. The molecule has 0 aliphatic carbocycles. The van der Waals surface area contributed by atoms with Gasteiger partial charge in [-0.3, -0.25) is 5.84 Å². The lowest BCUT2D eigenvalue weighted by Gasteiger charge is -2.19. The van der Waals surface area contributed by atoms with Gasteiger partial charge in [0.25, 0.3) is 0 Å². The van der Waals surface area contributed by atoms with Gasteiger partial charge in [0.1, 0.15) is 27.8 Å². The molecule has 0 radical (unpaired) electrons. The summed E-state index contributed by atoms with van der Waals surface area (Å²) in [5.41, 5.74) is 3.58. The first-order valence-electron chi connectivity index (χ1n) is 5.58. The van der Waals surface area contributed by atoms with Gasteiger partial charge in [-0.25, -0.2) is 10.4 Å². The highest BCUT2D eigenvalue weighted by Gasteiger charge is 2.22. The monoisotopic (exact) mass is 326 g/mol. The number of methoxy groups -OCH3 is 2. The molecule has 0 aliphatic rings. The SMILES string of the molecule is COc1ccc(C(NN)c2ncc[nH]2)c(OC)c1Br. The summed E-state index contributed by atoms with van der Waals surface area (Å²) in [6, 6.07) is 3.43. The molecule has 7 heteroatoms. The molecule has 6 nitrogen and oxygen atoms in total. The third kappa shape index (κ3) is 2.58. The number of nitrogens with two attached hydrogens (primary N) is 1. The molecule has 0 fully saturated rings. The minimum Gasteiger partial charge on any atom is -0.495 e. The summed E-state index contributed by atoms with van der Waals surface area (Å²) in [4.78, 5) is 7.24. The molecule has 102 valence electrons. The summed E-state index contributed by atoms with van der Waals surface area (Å²) in [7, 11) is 3.20. The van der Waals surface area contributed by atoms with Crippen molar-refractivity contribution >= 4 is 15.9 Å². The lowest BCUT2D eigenvalue weighted by molar-refractivity contribution is 0.382. The number of imidazole rings is 1. The van der Waals surface area contributed by atoms with E-state index in [1.54, 1.807) is 26.6 Å². The predicted molar refractivity (Wildman–Crippen MR) is 75.0 cm³/mol. The molecule has 0 amide bonds. The van der Waals surface area contributed by atoms with Crippen molar-refractivity contribution in [3.63, 3.8) is 0 Å². The molecule has 1 heterocycles. The van der Waals surface area contributed by atoms with Crippen LogP contribution in [0.4, 0.5) is 0 Å². The van der Waals surface area contributed by atoms with Gasteiger partial charge in [0.05, 0.1) is 14.2 Å². The molecule has 1 aromatic carbocycles. The van der Waals surface area contributed by atoms with Crippen LogP contribution in [-0.4, -0.2) is 24.2 Å². The minimum atomic E-state index is -0.299. The molecule has 1 unspecified atom stereocenters. The lowest BCUT2D eigenvalue weighted by atomic mass is 10.1. The largest absolute Gasteiger partial charge is 0.495 e. The number of hydrazine groups is 1. The van der Waals surface area contributed by atoms with Crippen molar-refractivity contribution in [3.8, 4) is 11.5 Å². The van der Waals surface area contributed by atoms with E-state index < -0.39 is 0 Å². The van der Waals surface area contributed by atoms with Crippen LogP contribution in [0.5, 0.6) is 11.5 Å². The average Bonchev–Trinajstić information content (AvgIpc) is 2.94. The molecule has 0 saturated heterocycles. The molecule has 0 spiro atoms. The summed E-state index contributed by atoms with van der Waals surface area (Å²) in [6.45, 7) is 0. The maximum Gasteiger partial charge on any atom is 0.142 e. The number of nitrogens with one attached hydrogen (secondary N) is 2. The Bertz CT molecular complexity index is 545. The number of aromatic nitrogens is 2. The summed E-state index contributed by atoms with van der Waals surface area (Å²) in [6.07, 6.45) is 3.41. The molecule has 4 N–H and O–H groups in total. The Hall–Kier alpha value is -1.57. The molecule has 2 aromatic rings. The Kier molecular flexibility index (Phi) is 4.41. The highest BCUT2D eigenvalue weighted by molar-refractivity contribution is 9.10. The summed E-state index contributed by atoms with van der Waals surface area (Å²) < 4.78 is 11.4. The van der Waals surface area contributed by atoms with Crippen molar-refractivity contribution in [2.24, 2.45) is 5.84 Å². The number of halogens is 1. The molecule has 1 atom stereocenters. The fraction of sp³-hybridized carbons (Fsp3) is 0.250. The smallest absolute Gasteiger partial charge is 0.142 e. The van der Waals surface area contributed by atoms with Crippen LogP contribution < -0.4 is 20.7 Å². The fourth-order valence-corrected chi connectivity index (χ4v) is 2.58. The van der Waals surface area contributed by atoms with Crippen molar-refractivity contribution in [1.82, 2.24) is 15.4 Å². The minimum absolute atomic E-state index is 0.299. The second-order valence-electron chi connectivity index (χ2n) is 3.78. The van der Waals surface area contributed by atoms with Crippen LogP contribution in [0.25, 0.3) is 0 Å². The van der Waals surface area contributed by atoms with Gasteiger partial charge in [-0.15, -0.1) is 0 Å². The summed E-state index contributed by atoms with van der Waals surface area (Å²) >= 11 is 3.46. The van der Waals surface area contributed by atoms with Gasteiger partial charge in [-0.1, -0.05) is 0 Å². The Labute approximate surface area is 119 Å². The zero-order chi connectivity index (χ0) is 13.8. The molecule has 0 aliphatic heterocycles. The summed E-state index contributed by atoms with van der Waals surface area (Å²) in [5.74, 6) is 7.68. The first-order chi connectivity index (χ1) is 9.22. The Morgan fingerprint density at radius 2 is 2.16 bits per heavy atom.